The zero-order valence-corrected chi connectivity index (χ0v) is 15.0. The number of rotatable bonds is 6. The zero-order valence-electron chi connectivity index (χ0n) is 14.2. The molecule has 0 aliphatic rings. The van der Waals surface area contributed by atoms with Gasteiger partial charge in [0.25, 0.3) is 11.4 Å². The van der Waals surface area contributed by atoms with E-state index in [1.165, 1.54) is 23.9 Å². The SMILES string of the molecule is COc1ccc(Sc2nnc(-c3cc([N+](=O)[O-])cc([N+](=O)[O-])c3)n2C)cc1. The number of nitrogens with zero attached hydrogens (tertiary/aromatic N) is 5. The first kappa shape index (κ1) is 18.3. The van der Waals surface area contributed by atoms with Crippen LogP contribution in [0.1, 0.15) is 0 Å². The number of methoxy groups -OCH3 is 1. The van der Waals surface area contributed by atoms with Gasteiger partial charge in [0.1, 0.15) is 5.75 Å². The number of non-ortho nitro benzene ring substituents is 2. The third-order valence-corrected chi connectivity index (χ3v) is 4.73. The molecule has 0 N–H and O–H groups in total. The van der Waals surface area contributed by atoms with Crippen molar-refractivity contribution in [1.29, 1.82) is 0 Å². The lowest BCUT2D eigenvalue weighted by Crippen LogP contribution is -1.98. The fourth-order valence-electron chi connectivity index (χ4n) is 2.34. The van der Waals surface area contributed by atoms with E-state index in [-0.39, 0.29) is 22.8 Å². The predicted molar refractivity (Wildman–Crippen MR) is 96.9 cm³/mol. The summed E-state index contributed by atoms with van der Waals surface area (Å²) in [5, 5.41) is 30.8. The van der Waals surface area contributed by atoms with Crippen molar-refractivity contribution in [2.24, 2.45) is 7.05 Å². The molecule has 10 nitrogen and oxygen atoms in total. The van der Waals surface area contributed by atoms with Gasteiger partial charge in [-0.2, -0.15) is 0 Å². The molecule has 0 atom stereocenters. The van der Waals surface area contributed by atoms with Crippen molar-refractivity contribution in [3.05, 3.63) is 62.7 Å². The lowest BCUT2D eigenvalue weighted by molar-refractivity contribution is -0.394. The van der Waals surface area contributed by atoms with Gasteiger partial charge >= 0.3 is 0 Å². The van der Waals surface area contributed by atoms with Crippen LogP contribution in [0.15, 0.2) is 52.5 Å². The summed E-state index contributed by atoms with van der Waals surface area (Å²) in [6.45, 7) is 0. The summed E-state index contributed by atoms with van der Waals surface area (Å²) >= 11 is 1.34. The van der Waals surface area contributed by atoms with Crippen molar-refractivity contribution < 1.29 is 14.6 Å². The minimum Gasteiger partial charge on any atom is -0.497 e. The van der Waals surface area contributed by atoms with Crippen molar-refractivity contribution in [3.8, 4) is 17.1 Å². The zero-order chi connectivity index (χ0) is 19.6. The van der Waals surface area contributed by atoms with Crippen LogP contribution in [0, 0.1) is 20.2 Å². The van der Waals surface area contributed by atoms with Crippen LogP contribution in [0.25, 0.3) is 11.4 Å². The first-order valence-electron chi connectivity index (χ1n) is 7.54. The van der Waals surface area contributed by atoms with Gasteiger partial charge in [-0.25, -0.2) is 0 Å². The maximum atomic E-state index is 11.1. The normalized spacial score (nSPS) is 10.6. The molecule has 27 heavy (non-hydrogen) atoms. The van der Waals surface area contributed by atoms with Gasteiger partial charge in [-0.1, -0.05) is 0 Å². The summed E-state index contributed by atoms with van der Waals surface area (Å²) in [6.07, 6.45) is 0. The van der Waals surface area contributed by atoms with Crippen LogP contribution in [0.2, 0.25) is 0 Å². The van der Waals surface area contributed by atoms with E-state index in [4.69, 9.17) is 4.74 Å². The topological polar surface area (TPSA) is 126 Å². The number of nitro benzene ring substituents is 2. The lowest BCUT2D eigenvalue weighted by atomic mass is 10.1. The maximum Gasteiger partial charge on any atom is 0.277 e. The molecule has 3 rings (SSSR count). The van der Waals surface area contributed by atoms with E-state index in [2.05, 4.69) is 10.2 Å². The Morgan fingerprint density at radius 1 is 1.00 bits per heavy atom. The number of hydrogen-bond donors (Lipinski definition) is 0. The molecule has 0 saturated heterocycles. The molecule has 0 spiro atoms. The Morgan fingerprint density at radius 3 is 2.11 bits per heavy atom. The number of aromatic nitrogens is 3. The summed E-state index contributed by atoms with van der Waals surface area (Å²) in [5.74, 6) is 1.01. The van der Waals surface area contributed by atoms with Crippen LogP contribution in [0.5, 0.6) is 5.75 Å². The first-order valence-corrected chi connectivity index (χ1v) is 8.36. The smallest absolute Gasteiger partial charge is 0.277 e. The van der Waals surface area contributed by atoms with E-state index in [0.29, 0.717) is 5.16 Å². The van der Waals surface area contributed by atoms with Crippen LogP contribution in [-0.4, -0.2) is 31.7 Å². The molecule has 0 bridgehead atoms. The second kappa shape index (κ2) is 7.41. The highest BCUT2D eigenvalue weighted by atomic mass is 32.2. The fraction of sp³-hybridized carbons (Fsp3) is 0.125. The van der Waals surface area contributed by atoms with Gasteiger partial charge in [0, 0.05) is 29.6 Å². The minimum absolute atomic E-state index is 0.243. The fourth-order valence-corrected chi connectivity index (χ4v) is 3.13. The predicted octanol–water partition coefficient (Wildman–Crippen LogP) is 3.46. The molecule has 1 heterocycles. The molecular weight excluding hydrogens is 374 g/mol. The molecule has 0 amide bonds. The quantitative estimate of drug-likeness (QED) is 0.465. The molecule has 0 unspecified atom stereocenters. The Bertz CT molecular complexity index is 986. The lowest BCUT2D eigenvalue weighted by Gasteiger charge is -2.05. The van der Waals surface area contributed by atoms with Gasteiger partial charge in [-0.15, -0.1) is 10.2 Å². The Kier molecular flexibility index (Phi) is 5.03. The van der Waals surface area contributed by atoms with Crippen LogP contribution < -0.4 is 4.74 Å². The minimum atomic E-state index is -0.681. The highest BCUT2D eigenvalue weighted by Gasteiger charge is 2.20. The molecule has 2 aromatic carbocycles. The second-order valence-electron chi connectivity index (χ2n) is 5.40. The van der Waals surface area contributed by atoms with E-state index in [1.807, 2.05) is 24.3 Å². The third kappa shape index (κ3) is 3.87. The molecule has 0 aliphatic carbocycles. The molecule has 0 fully saturated rings. The van der Waals surface area contributed by atoms with Crippen molar-refractivity contribution >= 4 is 23.1 Å². The molecule has 0 radical (unpaired) electrons. The summed E-state index contributed by atoms with van der Waals surface area (Å²) in [7, 11) is 3.27. The first-order chi connectivity index (χ1) is 12.9. The van der Waals surface area contributed by atoms with Crippen LogP contribution >= 0.6 is 11.8 Å². The molecule has 138 valence electrons. The second-order valence-corrected chi connectivity index (χ2v) is 6.44. The van der Waals surface area contributed by atoms with Crippen molar-refractivity contribution in [2.75, 3.05) is 7.11 Å². The monoisotopic (exact) mass is 387 g/mol. The van der Waals surface area contributed by atoms with E-state index in [1.54, 1.807) is 18.7 Å². The average molecular weight is 387 g/mol. The highest BCUT2D eigenvalue weighted by molar-refractivity contribution is 7.99. The number of benzene rings is 2. The molecule has 0 aliphatic heterocycles. The highest BCUT2D eigenvalue weighted by Crippen LogP contribution is 2.32. The summed E-state index contributed by atoms with van der Waals surface area (Å²) in [5.41, 5.74) is -0.523. The molecule has 3 aromatic rings. The molecule has 1 aromatic heterocycles. The number of nitro groups is 2. The summed E-state index contributed by atoms with van der Waals surface area (Å²) < 4.78 is 6.74. The van der Waals surface area contributed by atoms with Gasteiger partial charge in [0.15, 0.2) is 11.0 Å². The standard InChI is InChI=1S/C16H13N5O5S/c1-19-15(10-7-11(20(22)23)9-12(8-10)21(24)25)17-18-16(19)27-14-5-3-13(26-2)4-6-14/h3-9H,1-2H3. The van der Waals surface area contributed by atoms with Crippen molar-refractivity contribution in [2.45, 2.75) is 10.1 Å². The van der Waals surface area contributed by atoms with Crippen LogP contribution in [0.4, 0.5) is 11.4 Å². The van der Waals surface area contributed by atoms with Crippen molar-refractivity contribution in [1.82, 2.24) is 14.8 Å². The largest absolute Gasteiger partial charge is 0.497 e. The number of hydrogen-bond acceptors (Lipinski definition) is 8. The maximum absolute atomic E-state index is 11.1. The van der Waals surface area contributed by atoms with Crippen molar-refractivity contribution in [3.63, 3.8) is 0 Å². The number of ether oxygens (including phenoxy) is 1. The van der Waals surface area contributed by atoms with Gasteiger partial charge in [0.05, 0.1) is 23.0 Å². The van der Waals surface area contributed by atoms with Gasteiger partial charge in [0.2, 0.25) is 0 Å². The summed E-state index contributed by atoms with van der Waals surface area (Å²) in [4.78, 5) is 21.7. The molecule has 0 saturated carbocycles. The van der Waals surface area contributed by atoms with E-state index in [9.17, 15) is 20.2 Å². The average Bonchev–Trinajstić information content (AvgIpc) is 3.02. The Hall–Kier alpha value is -3.47. The molecular formula is C16H13N5O5S. The van der Waals surface area contributed by atoms with Crippen LogP contribution in [-0.2, 0) is 7.05 Å². The van der Waals surface area contributed by atoms with E-state index in [0.717, 1.165) is 16.7 Å². The van der Waals surface area contributed by atoms with E-state index >= 15 is 0 Å². The Morgan fingerprint density at radius 2 is 1.59 bits per heavy atom. The Labute approximate surface area is 157 Å². The van der Waals surface area contributed by atoms with Gasteiger partial charge in [-0.3, -0.25) is 20.2 Å². The van der Waals surface area contributed by atoms with E-state index < -0.39 is 9.85 Å². The third-order valence-electron chi connectivity index (χ3n) is 3.69. The summed E-state index contributed by atoms with van der Waals surface area (Å²) in [6, 6.07) is 10.7. The van der Waals surface area contributed by atoms with Gasteiger partial charge in [-0.05, 0) is 36.0 Å². The van der Waals surface area contributed by atoms with Crippen LogP contribution in [0.3, 0.4) is 0 Å². The van der Waals surface area contributed by atoms with Gasteiger partial charge < -0.3 is 9.30 Å². The molecule has 11 heteroatoms. The Balaban J connectivity index is 1.96.